The highest BCUT2D eigenvalue weighted by Gasteiger charge is 2.27. The summed E-state index contributed by atoms with van der Waals surface area (Å²) in [7, 11) is -1.58. The standard InChI is InChI=1S/C47H41N3O2Si/c1-47(2,3)32-20-21-40(51)36(27-32)46-49-44-35(16-12-18-39(44)50(46)38-17-11-10-15-34(38)29-13-8-7-9-14-29)30-19-22-41-37(26-30)45-43-31(23-24-48-45)25-33(53(4,5)6)28-42(43)52-41/h7-28,51H,1-6H3. The molecule has 5 nitrogen and oxygen atoms in total. The Bertz CT molecular complexity index is 2740. The number of nitrogens with zero attached hydrogens (tertiary/aromatic N) is 3. The van der Waals surface area contributed by atoms with Gasteiger partial charge < -0.3 is 9.84 Å². The Morgan fingerprint density at radius 3 is 2.23 bits per heavy atom. The predicted molar refractivity (Wildman–Crippen MR) is 222 cm³/mol. The van der Waals surface area contributed by atoms with E-state index in [1.54, 1.807) is 6.07 Å². The third-order valence-electron chi connectivity index (χ3n) is 10.5. The Morgan fingerprint density at radius 1 is 0.660 bits per heavy atom. The molecule has 53 heavy (non-hydrogen) atoms. The summed E-state index contributed by atoms with van der Waals surface area (Å²) in [4.78, 5) is 10.4. The summed E-state index contributed by atoms with van der Waals surface area (Å²) in [5.41, 5.74) is 10.5. The number of phenols is 1. The zero-order chi connectivity index (χ0) is 36.6. The van der Waals surface area contributed by atoms with Crippen LogP contribution in [0.5, 0.6) is 17.2 Å². The van der Waals surface area contributed by atoms with Crippen LogP contribution in [0.25, 0.3) is 72.4 Å². The lowest BCUT2D eigenvalue weighted by molar-refractivity contribution is 0.475. The molecule has 1 aliphatic heterocycles. The van der Waals surface area contributed by atoms with Gasteiger partial charge in [0.15, 0.2) is 0 Å². The van der Waals surface area contributed by atoms with Crippen molar-refractivity contribution < 1.29 is 9.84 Å². The zero-order valence-electron chi connectivity index (χ0n) is 30.9. The van der Waals surface area contributed by atoms with Crippen LogP contribution in [0.15, 0.2) is 134 Å². The molecular formula is C47H41N3O2Si. The van der Waals surface area contributed by atoms with Crippen LogP contribution < -0.4 is 9.92 Å². The van der Waals surface area contributed by atoms with Crippen LogP contribution >= 0.6 is 0 Å². The summed E-state index contributed by atoms with van der Waals surface area (Å²) in [6, 6.07) is 44.1. The van der Waals surface area contributed by atoms with Crippen molar-refractivity contribution in [3.63, 3.8) is 0 Å². The molecule has 260 valence electrons. The van der Waals surface area contributed by atoms with E-state index >= 15 is 0 Å². The average Bonchev–Trinajstić information content (AvgIpc) is 3.54. The van der Waals surface area contributed by atoms with E-state index in [-0.39, 0.29) is 11.2 Å². The Labute approximate surface area is 311 Å². The van der Waals surface area contributed by atoms with Crippen molar-refractivity contribution in [2.24, 2.45) is 0 Å². The summed E-state index contributed by atoms with van der Waals surface area (Å²) in [6.07, 6.45) is 1.91. The van der Waals surface area contributed by atoms with Crippen molar-refractivity contribution in [2.75, 3.05) is 0 Å². The van der Waals surface area contributed by atoms with Crippen LogP contribution in [-0.4, -0.2) is 27.7 Å². The molecule has 0 amide bonds. The normalized spacial score (nSPS) is 12.6. The van der Waals surface area contributed by atoms with Gasteiger partial charge in [-0.2, -0.15) is 0 Å². The molecule has 0 radical (unpaired) electrons. The number of para-hydroxylation sites is 2. The highest BCUT2D eigenvalue weighted by Crippen LogP contribution is 2.47. The van der Waals surface area contributed by atoms with Gasteiger partial charge in [-0.15, -0.1) is 0 Å². The van der Waals surface area contributed by atoms with Crippen LogP contribution in [-0.2, 0) is 5.41 Å². The first-order chi connectivity index (χ1) is 25.5. The number of hydrogen-bond donors (Lipinski definition) is 1. The van der Waals surface area contributed by atoms with Gasteiger partial charge >= 0.3 is 0 Å². The van der Waals surface area contributed by atoms with Crippen LogP contribution in [0.3, 0.4) is 0 Å². The number of phenolic OH excluding ortho intramolecular Hbond substituents is 1. The van der Waals surface area contributed by atoms with E-state index in [2.05, 4.69) is 154 Å². The van der Waals surface area contributed by atoms with Crippen molar-refractivity contribution >= 4 is 35.1 Å². The number of imidazole rings is 1. The van der Waals surface area contributed by atoms with E-state index in [1.807, 2.05) is 18.3 Å². The van der Waals surface area contributed by atoms with Gasteiger partial charge in [0.25, 0.3) is 0 Å². The molecule has 1 aliphatic rings. The Morgan fingerprint density at radius 2 is 1.43 bits per heavy atom. The van der Waals surface area contributed by atoms with Crippen molar-refractivity contribution in [2.45, 2.75) is 45.8 Å². The van der Waals surface area contributed by atoms with Crippen LogP contribution in [0.1, 0.15) is 26.3 Å². The van der Waals surface area contributed by atoms with Crippen molar-refractivity contribution in [3.8, 4) is 67.8 Å². The van der Waals surface area contributed by atoms with Crippen molar-refractivity contribution in [3.05, 3.63) is 139 Å². The lowest BCUT2D eigenvalue weighted by atomic mass is 9.86. The maximum absolute atomic E-state index is 11.5. The number of aromatic nitrogens is 3. The first-order valence-electron chi connectivity index (χ1n) is 18.2. The quantitative estimate of drug-likeness (QED) is 0.181. The molecule has 1 N–H and O–H groups in total. The van der Waals surface area contributed by atoms with Gasteiger partial charge in [0.2, 0.25) is 0 Å². The summed E-state index contributed by atoms with van der Waals surface area (Å²) >= 11 is 0. The molecule has 0 bridgehead atoms. The number of aromatic hydroxyl groups is 1. The molecule has 0 saturated heterocycles. The predicted octanol–water partition coefficient (Wildman–Crippen LogP) is 11.9. The maximum atomic E-state index is 11.5. The maximum Gasteiger partial charge on any atom is 0.149 e. The molecule has 3 heterocycles. The molecule has 0 fully saturated rings. The molecule has 0 saturated carbocycles. The molecule has 0 spiro atoms. The Balaban J connectivity index is 1.29. The number of rotatable bonds is 5. The minimum atomic E-state index is -1.58. The SMILES string of the molecule is CC(C)(C)c1ccc(O)c(-c2nc3c(-c4ccc5c(c4)-c4nccc6cc([Si](C)(C)C)cc(c46)O5)cccc3n2-c2ccccc2-c2ccccc2)c1. The third kappa shape index (κ3) is 5.53. The van der Waals surface area contributed by atoms with E-state index in [0.717, 1.165) is 78.1 Å². The summed E-state index contributed by atoms with van der Waals surface area (Å²) in [6.45, 7) is 13.7. The van der Waals surface area contributed by atoms with E-state index < -0.39 is 8.07 Å². The average molecular weight is 708 g/mol. The molecule has 6 aromatic carbocycles. The largest absolute Gasteiger partial charge is 0.507 e. The fourth-order valence-corrected chi connectivity index (χ4v) is 8.71. The summed E-state index contributed by atoms with van der Waals surface area (Å²) < 4.78 is 8.85. The third-order valence-corrected chi connectivity index (χ3v) is 12.5. The summed E-state index contributed by atoms with van der Waals surface area (Å²) in [5, 5.41) is 15.1. The topological polar surface area (TPSA) is 60.2 Å². The van der Waals surface area contributed by atoms with Crippen molar-refractivity contribution in [1.29, 1.82) is 0 Å². The molecule has 0 unspecified atom stereocenters. The van der Waals surface area contributed by atoms with Crippen molar-refractivity contribution in [1.82, 2.24) is 14.5 Å². The van der Waals surface area contributed by atoms with Gasteiger partial charge in [-0.25, -0.2) is 4.98 Å². The summed E-state index contributed by atoms with van der Waals surface area (Å²) in [5.74, 6) is 2.55. The fraction of sp³-hybridized carbons (Fsp3) is 0.149. The van der Waals surface area contributed by atoms with Crippen LogP contribution in [0.2, 0.25) is 19.6 Å². The van der Waals surface area contributed by atoms with E-state index in [9.17, 15) is 5.11 Å². The molecule has 0 atom stereocenters. The molecule has 2 aromatic heterocycles. The Kier molecular flexibility index (Phi) is 7.47. The van der Waals surface area contributed by atoms with Gasteiger partial charge in [0.05, 0.1) is 41.4 Å². The second kappa shape index (κ2) is 12.0. The lowest BCUT2D eigenvalue weighted by Crippen LogP contribution is -2.37. The van der Waals surface area contributed by atoms with Gasteiger partial charge in [0, 0.05) is 22.9 Å². The molecule has 9 rings (SSSR count). The molecular weight excluding hydrogens is 667 g/mol. The van der Waals surface area contributed by atoms with Gasteiger partial charge in [0.1, 0.15) is 23.1 Å². The molecule has 0 aliphatic carbocycles. The smallest absolute Gasteiger partial charge is 0.149 e. The van der Waals surface area contributed by atoms with Crippen LogP contribution in [0.4, 0.5) is 0 Å². The number of pyridine rings is 1. The molecule has 6 heteroatoms. The lowest BCUT2D eigenvalue weighted by Gasteiger charge is -2.24. The highest BCUT2D eigenvalue weighted by atomic mass is 28.3. The minimum Gasteiger partial charge on any atom is -0.507 e. The number of hydrogen-bond acceptors (Lipinski definition) is 4. The van der Waals surface area contributed by atoms with Gasteiger partial charge in [-0.1, -0.05) is 124 Å². The van der Waals surface area contributed by atoms with Gasteiger partial charge in [-0.05, 0) is 76.0 Å². The highest BCUT2D eigenvalue weighted by molar-refractivity contribution is 6.88. The fourth-order valence-electron chi connectivity index (χ4n) is 7.56. The first kappa shape index (κ1) is 32.9. The van der Waals surface area contributed by atoms with Crippen LogP contribution in [0, 0.1) is 0 Å². The van der Waals surface area contributed by atoms with Gasteiger partial charge in [-0.3, -0.25) is 9.55 Å². The van der Waals surface area contributed by atoms with E-state index in [1.165, 1.54) is 5.19 Å². The number of benzene rings is 6. The molecule has 8 aromatic rings. The number of ether oxygens (including phenoxy) is 1. The number of fused-ring (bicyclic) bond motifs is 3. The second-order valence-corrected chi connectivity index (χ2v) is 21.2. The second-order valence-electron chi connectivity index (χ2n) is 16.1. The van der Waals surface area contributed by atoms with E-state index in [0.29, 0.717) is 11.4 Å². The minimum absolute atomic E-state index is 0.122. The monoisotopic (exact) mass is 707 g/mol. The van der Waals surface area contributed by atoms with E-state index in [4.69, 9.17) is 14.7 Å². The zero-order valence-corrected chi connectivity index (χ0v) is 31.9. The first-order valence-corrected chi connectivity index (χ1v) is 21.7. The Hall–Kier alpha value is -5.98.